The van der Waals surface area contributed by atoms with E-state index < -0.39 is 0 Å². The molecule has 0 bridgehead atoms. The van der Waals surface area contributed by atoms with Crippen LogP contribution in [0.25, 0.3) is 5.69 Å². The van der Waals surface area contributed by atoms with E-state index in [4.69, 9.17) is 0 Å². The molecule has 0 radical (unpaired) electrons. The van der Waals surface area contributed by atoms with Crippen molar-refractivity contribution >= 4 is 11.7 Å². The highest BCUT2D eigenvalue weighted by Gasteiger charge is 2.16. The molecule has 6 heteroatoms. The lowest BCUT2D eigenvalue weighted by Gasteiger charge is -2.10. The number of nitrogens with one attached hydrogen (secondary N) is 1. The maximum atomic E-state index is 12.4. The first-order valence-electron chi connectivity index (χ1n) is 7.26. The zero-order chi connectivity index (χ0) is 16.4. The monoisotopic (exact) mass is 307 g/mol. The number of amides is 1. The fraction of sp³-hybridized carbons (Fsp3) is 0.176. The number of rotatable bonds is 3. The van der Waals surface area contributed by atoms with E-state index in [1.165, 1.54) is 12.4 Å². The first kappa shape index (κ1) is 14.9. The molecular formula is C17H17N5O. The van der Waals surface area contributed by atoms with Gasteiger partial charge < -0.3 is 5.32 Å². The average Bonchev–Trinajstić information content (AvgIpc) is 2.92. The quantitative estimate of drug-likeness (QED) is 0.807. The molecule has 116 valence electrons. The number of benzene rings is 1. The zero-order valence-electron chi connectivity index (χ0n) is 13.2. The van der Waals surface area contributed by atoms with Gasteiger partial charge in [0.25, 0.3) is 5.91 Å². The Morgan fingerprint density at radius 3 is 2.70 bits per heavy atom. The van der Waals surface area contributed by atoms with Gasteiger partial charge in [0.1, 0.15) is 0 Å². The lowest BCUT2D eigenvalue weighted by atomic mass is 10.1. The van der Waals surface area contributed by atoms with Crippen molar-refractivity contribution in [1.82, 2.24) is 19.7 Å². The fourth-order valence-corrected chi connectivity index (χ4v) is 2.37. The highest BCUT2D eigenvalue weighted by atomic mass is 16.1. The molecule has 0 atom stereocenters. The lowest BCUT2D eigenvalue weighted by Crippen LogP contribution is -2.14. The van der Waals surface area contributed by atoms with Gasteiger partial charge in [0, 0.05) is 12.4 Å². The minimum atomic E-state index is -0.250. The second-order valence-electron chi connectivity index (χ2n) is 5.39. The number of nitrogens with zero attached hydrogens (tertiary/aromatic N) is 4. The molecule has 2 aromatic heterocycles. The van der Waals surface area contributed by atoms with Gasteiger partial charge in [0.05, 0.1) is 29.3 Å². The standard InChI is InChI=1S/C17H17N5O/c1-11-4-5-12(2)15(8-11)22-13(3)14(9-20-22)17(23)21-16-10-18-6-7-19-16/h4-10H,1-3H3,(H,19,21,23). The first-order chi connectivity index (χ1) is 11.1. The van der Waals surface area contributed by atoms with Crippen LogP contribution in [0, 0.1) is 20.8 Å². The highest BCUT2D eigenvalue weighted by molar-refractivity contribution is 6.04. The summed E-state index contributed by atoms with van der Waals surface area (Å²) in [6, 6.07) is 6.16. The zero-order valence-corrected chi connectivity index (χ0v) is 13.2. The van der Waals surface area contributed by atoms with Crippen molar-refractivity contribution in [3.8, 4) is 5.69 Å². The Morgan fingerprint density at radius 1 is 1.13 bits per heavy atom. The predicted molar refractivity (Wildman–Crippen MR) is 87.8 cm³/mol. The molecule has 0 saturated heterocycles. The second-order valence-corrected chi connectivity index (χ2v) is 5.39. The molecule has 0 aliphatic carbocycles. The molecule has 1 amide bonds. The van der Waals surface area contributed by atoms with Crippen LogP contribution >= 0.6 is 0 Å². The molecule has 0 fully saturated rings. The van der Waals surface area contributed by atoms with E-state index in [-0.39, 0.29) is 5.91 Å². The topological polar surface area (TPSA) is 72.7 Å². The summed E-state index contributed by atoms with van der Waals surface area (Å²) in [6.45, 7) is 5.93. The van der Waals surface area contributed by atoms with Gasteiger partial charge >= 0.3 is 0 Å². The van der Waals surface area contributed by atoms with Crippen LogP contribution < -0.4 is 5.32 Å². The van der Waals surface area contributed by atoms with Crippen molar-refractivity contribution in [3.05, 3.63) is 65.4 Å². The molecule has 3 aromatic rings. The second kappa shape index (κ2) is 6.00. The van der Waals surface area contributed by atoms with E-state index in [1.54, 1.807) is 17.1 Å². The third-order valence-electron chi connectivity index (χ3n) is 3.65. The van der Waals surface area contributed by atoms with Crippen LogP contribution in [-0.4, -0.2) is 25.7 Å². The van der Waals surface area contributed by atoms with Crippen LogP contribution in [0.4, 0.5) is 5.82 Å². The summed E-state index contributed by atoms with van der Waals surface area (Å²) < 4.78 is 1.79. The van der Waals surface area contributed by atoms with E-state index in [0.717, 1.165) is 22.5 Å². The molecule has 0 aliphatic rings. The van der Waals surface area contributed by atoms with Crippen LogP contribution in [0.15, 0.2) is 43.0 Å². The maximum absolute atomic E-state index is 12.4. The number of aryl methyl sites for hydroxylation is 2. The van der Waals surface area contributed by atoms with E-state index in [9.17, 15) is 4.79 Å². The Hall–Kier alpha value is -3.02. The summed E-state index contributed by atoms with van der Waals surface area (Å²) in [7, 11) is 0. The van der Waals surface area contributed by atoms with Gasteiger partial charge in [-0.15, -0.1) is 0 Å². The van der Waals surface area contributed by atoms with Gasteiger partial charge in [-0.05, 0) is 38.0 Å². The molecular weight excluding hydrogens is 290 g/mol. The molecule has 3 rings (SSSR count). The van der Waals surface area contributed by atoms with Crippen molar-refractivity contribution in [3.63, 3.8) is 0 Å². The Balaban J connectivity index is 1.93. The number of carbonyl (C=O) groups is 1. The predicted octanol–water partition coefficient (Wildman–Crippen LogP) is 2.84. The SMILES string of the molecule is Cc1ccc(C)c(-n2ncc(C(=O)Nc3cnccn3)c2C)c1. The third kappa shape index (κ3) is 2.96. The summed E-state index contributed by atoms with van der Waals surface area (Å²) in [5, 5.41) is 7.09. The lowest BCUT2D eigenvalue weighted by molar-refractivity contribution is 0.102. The average molecular weight is 307 g/mol. The molecule has 0 saturated carbocycles. The van der Waals surface area contributed by atoms with Crippen molar-refractivity contribution in [2.75, 3.05) is 5.32 Å². The van der Waals surface area contributed by atoms with Crippen molar-refractivity contribution in [2.24, 2.45) is 0 Å². The minimum Gasteiger partial charge on any atom is -0.305 e. The van der Waals surface area contributed by atoms with Crippen LogP contribution in [0.3, 0.4) is 0 Å². The van der Waals surface area contributed by atoms with Gasteiger partial charge in [-0.2, -0.15) is 5.10 Å². The molecule has 0 aliphatic heterocycles. The maximum Gasteiger partial charge on any atom is 0.260 e. The highest BCUT2D eigenvalue weighted by Crippen LogP contribution is 2.19. The molecule has 0 unspecified atom stereocenters. The van der Waals surface area contributed by atoms with E-state index in [2.05, 4.69) is 32.5 Å². The normalized spacial score (nSPS) is 10.6. The first-order valence-corrected chi connectivity index (χ1v) is 7.26. The molecule has 2 heterocycles. The Bertz CT molecular complexity index is 855. The van der Waals surface area contributed by atoms with Crippen molar-refractivity contribution in [2.45, 2.75) is 20.8 Å². The molecule has 0 spiro atoms. The van der Waals surface area contributed by atoms with Gasteiger partial charge in [-0.1, -0.05) is 12.1 Å². The summed E-state index contributed by atoms with van der Waals surface area (Å²) in [6.07, 6.45) is 6.16. The van der Waals surface area contributed by atoms with Crippen LogP contribution in [0.2, 0.25) is 0 Å². The van der Waals surface area contributed by atoms with Gasteiger partial charge in [-0.25, -0.2) is 9.67 Å². The number of hydrogen-bond acceptors (Lipinski definition) is 4. The number of aromatic nitrogens is 4. The van der Waals surface area contributed by atoms with Crippen LogP contribution in [0.5, 0.6) is 0 Å². The van der Waals surface area contributed by atoms with Crippen LogP contribution in [0.1, 0.15) is 27.2 Å². The Labute approximate surface area is 134 Å². The summed E-state index contributed by atoms with van der Waals surface area (Å²) >= 11 is 0. The van der Waals surface area contributed by atoms with E-state index in [1.807, 2.05) is 26.8 Å². The number of hydrogen-bond donors (Lipinski definition) is 1. The molecule has 1 aromatic carbocycles. The van der Waals surface area contributed by atoms with E-state index in [0.29, 0.717) is 11.4 Å². The summed E-state index contributed by atoms with van der Waals surface area (Å²) in [4.78, 5) is 20.4. The fourth-order valence-electron chi connectivity index (χ4n) is 2.37. The minimum absolute atomic E-state index is 0.250. The Morgan fingerprint density at radius 2 is 1.96 bits per heavy atom. The third-order valence-corrected chi connectivity index (χ3v) is 3.65. The Kier molecular flexibility index (Phi) is 3.89. The largest absolute Gasteiger partial charge is 0.305 e. The van der Waals surface area contributed by atoms with Gasteiger partial charge in [-0.3, -0.25) is 9.78 Å². The molecule has 1 N–H and O–H groups in total. The smallest absolute Gasteiger partial charge is 0.260 e. The van der Waals surface area contributed by atoms with Crippen molar-refractivity contribution < 1.29 is 4.79 Å². The van der Waals surface area contributed by atoms with Crippen LogP contribution in [-0.2, 0) is 0 Å². The summed E-state index contributed by atoms with van der Waals surface area (Å²) in [5.41, 5.74) is 4.51. The summed E-state index contributed by atoms with van der Waals surface area (Å²) in [5.74, 6) is 0.163. The van der Waals surface area contributed by atoms with Gasteiger partial charge in [0.2, 0.25) is 0 Å². The van der Waals surface area contributed by atoms with Gasteiger partial charge in [0.15, 0.2) is 5.82 Å². The van der Waals surface area contributed by atoms with Crippen molar-refractivity contribution in [1.29, 1.82) is 0 Å². The van der Waals surface area contributed by atoms with E-state index >= 15 is 0 Å². The molecule has 6 nitrogen and oxygen atoms in total. The number of carbonyl (C=O) groups excluding carboxylic acids is 1. The number of anilines is 1. The molecule has 23 heavy (non-hydrogen) atoms.